The standard InChI is InChI=1S/C22H19N3O3/c1-14-5-11-17(12-6-14)25-20(19-18(21(25)26)4-3-13-23-19)24-16-9-7-15(8-10-16)22(27)28-2/h3-13,20,24H,1-2H3/t20-/m1/s1. The minimum atomic E-state index is -0.449. The molecular formula is C22H19N3O3. The van der Waals surface area contributed by atoms with Crippen LogP contribution in [0.15, 0.2) is 66.9 Å². The summed E-state index contributed by atoms with van der Waals surface area (Å²) in [5, 5.41) is 3.37. The fourth-order valence-corrected chi connectivity index (χ4v) is 3.27. The Morgan fingerprint density at radius 2 is 1.79 bits per heavy atom. The van der Waals surface area contributed by atoms with Crippen molar-refractivity contribution in [2.24, 2.45) is 0 Å². The van der Waals surface area contributed by atoms with E-state index in [1.165, 1.54) is 7.11 Å². The van der Waals surface area contributed by atoms with E-state index in [-0.39, 0.29) is 5.91 Å². The minimum Gasteiger partial charge on any atom is -0.465 e. The van der Waals surface area contributed by atoms with Gasteiger partial charge in [0.2, 0.25) is 0 Å². The number of hydrogen-bond donors (Lipinski definition) is 1. The molecule has 28 heavy (non-hydrogen) atoms. The van der Waals surface area contributed by atoms with Crippen LogP contribution in [0.3, 0.4) is 0 Å². The number of nitrogens with one attached hydrogen (secondary N) is 1. The number of aryl methyl sites for hydroxylation is 1. The molecule has 1 N–H and O–H groups in total. The monoisotopic (exact) mass is 373 g/mol. The topological polar surface area (TPSA) is 71.5 Å². The number of anilines is 2. The summed E-state index contributed by atoms with van der Waals surface area (Å²) in [7, 11) is 1.35. The zero-order valence-electron chi connectivity index (χ0n) is 15.5. The molecule has 1 aliphatic rings. The molecule has 6 nitrogen and oxygen atoms in total. The van der Waals surface area contributed by atoms with E-state index in [9.17, 15) is 9.59 Å². The molecular weight excluding hydrogens is 354 g/mol. The quantitative estimate of drug-likeness (QED) is 0.701. The Kier molecular flexibility index (Phi) is 4.53. The lowest BCUT2D eigenvalue weighted by Crippen LogP contribution is -2.32. The SMILES string of the molecule is COC(=O)c1ccc(N[C@H]2c3ncccc3C(=O)N2c2ccc(C)cc2)cc1. The third-order valence-corrected chi connectivity index (χ3v) is 4.73. The summed E-state index contributed by atoms with van der Waals surface area (Å²) in [5.74, 6) is -0.494. The Labute approximate surface area is 162 Å². The van der Waals surface area contributed by atoms with E-state index in [2.05, 4.69) is 10.3 Å². The van der Waals surface area contributed by atoms with Crippen LogP contribution in [0.4, 0.5) is 11.4 Å². The number of amides is 1. The highest BCUT2D eigenvalue weighted by Crippen LogP contribution is 2.36. The smallest absolute Gasteiger partial charge is 0.337 e. The van der Waals surface area contributed by atoms with Crippen molar-refractivity contribution in [2.75, 3.05) is 17.3 Å². The molecule has 0 aliphatic carbocycles. The van der Waals surface area contributed by atoms with Gasteiger partial charge in [0.15, 0.2) is 6.17 Å². The van der Waals surface area contributed by atoms with Gasteiger partial charge < -0.3 is 10.1 Å². The Hall–Kier alpha value is -3.67. The van der Waals surface area contributed by atoms with Gasteiger partial charge in [-0.1, -0.05) is 17.7 Å². The number of esters is 1. The lowest BCUT2D eigenvalue weighted by atomic mass is 10.2. The van der Waals surface area contributed by atoms with Gasteiger partial charge in [-0.3, -0.25) is 14.7 Å². The first-order valence-electron chi connectivity index (χ1n) is 8.88. The number of benzene rings is 2. The maximum Gasteiger partial charge on any atom is 0.337 e. The van der Waals surface area contributed by atoms with Crippen LogP contribution < -0.4 is 10.2 Å². The molecule has 0 bridgehead atoms. The van der Waals surface area contributed by atoms with E-state index < -0.39 is 12.1 Å². The molecule has 0 unspecified atom stereocenters. The van der Waals surface area contributed by atoms with Crippen LogP contribution in [0.25, 0.3) is 0 Å². The van der Waals surface area contributed by atoms with Gasteiger partial charge in [0.05, 0.1) is 23.9 Å². The predicted molar refractivity (Wildman–Crippen MR) is 106 cm³/mol. The Balaban J connectivity index is 1.70. The van der Waals surface area contributed by atoms with E-state index in [0.717, 1.165) is 16.9 Å². The Morgan fingerprint density at radius 1 is 1.07 bits per heavy atom. The van der Waals surface area contributed by atoms with E-state index in [1.54, 1.807) is 47.5 Å². The van der Waals surface area contributed by atoms with Crippen LogP contribution in [0.1, 0.15) is 38.1 Å². The molecule has 0 saturated heterocycles. The molecule has 2 heterocycles. The van der Waals surface area contributed by atoms with Gasteiger partial charge in [-0.25, -0.2) is 4.79 Å². The van der Waals surface area contributed by atoms with E-state index in [0.29, 0.717) is 16.8 Å². The van der Waals surface area contributed by atoms with Crippen molar-refractivity contribution >= 4 is 23.3 Å². The van der Waals surface area contributed by atoms with Crippen LogP contribution in [0.2, 0.25) is 0 Å². The number of fused-ring (bicyclic) bond motifs is 1. The normalized spacial score (nSPS) is 15.3. The molecule has 1 atom stereocenters. The second-order valence-corrected chi connectivity index (χ2v) is 6.56. The molecule has 6 heteroatoms. The number of aromatic nitrogens is 1. The summed E-state index contributed by atoms with van der Waals surface area (Å²) in [6.07, 6.45) is 1.23. The molecule has 0 saturated carbocycles. The summed E-state index contributed by atoms with van der Waals surface area (Å²) in [6, 6.07) is 18.3. The van der Waals surface area contributed by atoms with Crippen molar-refractivity contribution in [2.45, 2.75) is 13.1 Å². The van der Waals surface area contributed by atoms with E-state index in [4.69, 9.17) is 4.74 Å². The first-order valence-corrected chi connectivity index (χ1v) is 8.88. The lowest BCUT2D eigenvalue weighted by Gasteiger charge is -2.26. The first kappa shape index (κ1) is 17.7. The van der Waals surface area contributed by atoms with Crippen LogP contribution in [-0.4, -0.2) is 24.0 Å². The molecule has 1 aromatic heterocycles. The lowest BCUT2D eigenvalue weighted by molar-refractivity contribution is 0.0600. The number of hydrogen-bond acceptors (Lipinski definition) is 5. The average Bonchev–Trinajstić information content (AvgIpc) is 3.01. The number of pyridine rings is 1. The fraction of sp³-hybridized carbons (Fsp3) is 0.136. The van der Waals surface area contributed by atoms with Gasteiger partial charge in [0.1, 0.15) is 0 Å². The van der Waals surface area contributed by atoms with Crippen molar-refractivity contribution in [3.63, 3.8) is 0 Å². The average molecular weight is 373 g/mol. The molecule has 4 rings (SSSR count). The van der Waals surface area contributed by atoms with Crippen molar-refractivity contribution in [3.05, 3.63) is 89.2 Å². The van der Waals surface area contributed by atoms with E-state index in [1.807, 2.05) is 31.2 Å². The zero-order chi connectivity index (χ0) is 19.7. The van der Waals surface area contributed by atoms with Gasteiger partial charge in [0, 0.05) is 17.6 Å². The van der Waals surface area contributed by atoms with Crippen LogP contribution in [0, 0.1) is 6.92 Å². The second-order valence-electron chi connectivity index (χ2n) is 6.56. The van der Waals surface area contributed by atoms with Crippen molar-refractivity contribution in [3.8, 4) is 0 Å². The molecule has 0 radical (unpaired) electrons. The summed E-state index contributed by atoms with van der Waals surface area (Å²) in [4.78, 5) is 30.8. The van der Waals surface area contributed by atoms with Crippen molar-refractivity contribution in [1.82, 2.24) is 4.98 Å². The highest BCUT2D eigenvalue weighted by Gasteiger charge is 2.38. The van der Waals surface area contributed by atoms with Crippen molar-refractivity contribution in [1.29, 1.82) is 0 Å². The third kappa shape index (κ3) is 3.09. The molecule has 1 amide bonds. The molecule has 140 valence electrons. The number of rotatable bonds is 4. The molecule has 0 fully saturated rings. The summed E-state index contributed by atoms with van der Waals surface area (Å²) in [6.45, 7) is 2.00. The molecule has 2 aromatic carbocycles. The van der Waals surface area contributed by atoms with Gasteiger partial charge >= 0.3 is 5.97 Å². The maximum atomic E-state index is 13.0. The Morgan fingerprint density at radius 3 is 2.46 bits per heavy atom. The minimum absolute atomic E-state index is 0.101. The molecule has 1 aliphatic heterocycles. The maximum absolute atomic E-state index is 13.0. The number of nitrogens with zero attached hydrogens (tertiary/aromatic N) is 2. The van der Waals surface area contributed by atoms with Gasteiger partial charge in [-0.15, -0.1) is 0 Å². The van der Waals surface area contributed by atoms with Gasteiger partial charge in [-0.05, 0) is 55.5 Å². The predicted octanol–water partition coefficient (Wildman–Crippen LogP) is 3.95. The number of carbonyl (C=O) groups excluding carboxylic acids is 2. The van der Waals surface area contributed by atoms with Crippen LogP contribution in [-0.2, 0) is 4.74 Å². The van der Waals surface area contributed by atoms with Crippen molar-refractivity contribution < 1.29 is 14.3 Å². The Bertz CT molecular complexity index is 1030. The largest absolute Gasteiger partial charge is 0.465 e. The summed E-state index contributed by atoms with van der Waals surface area (Å²) in [5.41, 5.74) is 4.38. The molecule has 0 spiro atoms. The first-order chi connectivity index (χ1) is 13.6. The fourth-order valence-electron chi connectivity index (χ4n) is 3.27. The highest BCUT2D eigenvalue weighted by molar-refractivity contribution is 6.11. The van der Waals surface area contributed by atoms with Gasteiger partial charge in [0.25, 0.3) is 5.91 Å². The number of carbonyl (C=O) groups is 2. The number of ether oxygens (including phenoxy) is 1. The van der Waals surface area contributed by atoms with Crippen LogP contribution in [0.5, 0.6) is 0 Å². The summed E-state index contributed by atoms with van der Waals surface area (Å²) < 4.78 is 4.73. The zero-order valence-corrected chi connectivity index (χ0v) is 15.5. The van der Waals surface area contributed by atoms with E-state index >= 15 is 0 Å². The second kappa shape index (κ2) is 7.15. The third-order valence-electron chi connectivity index (χ3n) is 4.73. The summed E-state index contributed by atoms with van der Waals surface area (Å²) >= 11 is 0. The molecule has 3 aromatic rings. The van der Waals surface area contributed by atoms with Crippen LogP contribution >= 0.6 is 0 Å². The highest BCUT2D eigenvalue weighted by atomic mass is 16.5. The number of methoxy groups -OCH3 is 1. The van der Waals surface area contributed by atoms with Gasteiger partial charge in [-0.2, -0.15) is 0 Å².